The van der Waals surface area contributed by atoms with E-state index in [1.54, 1.807) is 30.3 Å². The van der Waals surface area contributed by atoms with Gasteiger partial charge < -0.3 is 0 Å². The van der Waals surface area contributed by atoms with E-state index >= 15 is 0 Å². The third-order valence-electron chi connectivity index (χ3n) is 1.81. The lowest BCUT2D eigenvalue weighted by Gasteiger charge is -2.14. The predicted octanol–water partition coefficient (Wildman–Crippen LogP) is 2.23. The normalized spacial score (nSPS) is 14.2. The minimum Gasteiger partial charge on any atom is -0.296 e. The topological polar surface area (TPSA) is 40.9 Å². The summed E-state index contributed by atoms with van der Waals surface area (Å²) < 4.78 is 0. The standard InChI is InChI=1S/C10H8ClNO/c1-8(13)10(11,7-12)9-5-3-2-4-6-9/h2-6H,1H3/t10-/m1/s1. The van der Waals surface area contributed by atoms with E-state index in [9.17, 15) is 4.79 Å². The van der Waals surface area contributed by atoms with Gasteiger partial charge in [-0.1, -0.05) is 41.9 Å². The minimum atomic E-state index is -1.53. The highest BCUT2D eigenvalue weighted by atomic mass is 35.5. The van der Waals surface area contributed by atoms with E-state index in [1.807, 2.05) is 6.07 Å². The summed E-state index contributed by atoms with van der Waals surface area (Å²) in [5, 5.41) is 8.81. The number of carbonyl (C=O) groups is 1. The molecule has 0 aliphatic heterocycles. The fourth-order valence-electron chi connectivity index (χ4n) is 1.01. The molecule has 0 saturated heterocycles. The van der Waals surface area contributed by atoms with Gasteiger partial charge in [0.25, 0.3) is 0 Å². The highest BCUT2D eigenvalue weighted by Crippen LogP contribution is 2.28. The highest BCUT2D eigenvalue weighted by molar-refractivity contribution is 6.36. The molecule has 0 spiro atoms. The summed E-state index contributed by atoms with van der Waals surface area (Å²) in [7, 11) is 0. The lowest BCUT2D eigenvalue weighted by molar-refractivity contribution is -0.118. The van der Waals surface area contributed by atoms with E-state index in [4.69, 9.17) is 16.9 Å². The predicted molar refractivity (Wildman–Crippen MR) is 50.3 cm³/mol. The first kappa shape index (κ1) is 9.76. The number of alkyl halides is 1. The molecule has 0 unspecified atom stereocenters. The molecule has 1 atom stereocenters. The van der Waals surface area contributed by atoms with E-state index in [2.05, 4.69) is 0 Å². The molecule has 0 heterocycles. The van der Waals surface area contributed by atoms with Gasteiger partial charge in [0.05, 0.1) is 6.07 Å². The van der Waals surface area contributed by atoms with Crippen LogP contribution in [0, 0.1) is 11.3 Å². The summed E-state index contributed by atoms with van der Waals surface area (Å²) in [6, 6.07) is 10.4. The minimum absolute atomic E-state index is 0.358. The van der Waals surface area contributed by atoms with Gasteiger partial charge in [-0.2, -0.15) is 5.26 Å². The van der Waals surface area contributed by atoms with Crippen molar-refractivity contribution in [2.75, 3.05) is 0 Å². The fourth-order valence-corrected chi connectivity index (χ4v) is 1.14. The zero-order valence-electron chi connectivity index (χ0n) is 7.12. The quantitative estimate of drug-likeness (QED) is 0.676. The van der Waals surface area contributed by atoms with E-state index in [-0.39, 0.29) is 5.78 Å². The lowest BCUT2D eigenvalue weighted by Crippen LogP contribution is -2.25. The van der Waals surface area contributed by atoms with Gasteiger partial charge in [-0.25, -0.2) is 0 Å². The van der Waals surface area contributed by atoms with Crippen LogP contribution in [0.4, 0.5) is 0 Å². The number of Topliss-reactive ketones (excluding diaryl/α,β-unsaturated/α-hetero) is 1. The number of ketones is 1. The number of hydrogen-bond donors (Lipinski definition) is 0. The number of carbonyl (C=O) groups excluding carboxylic acids is 1. The second-order valence-corrected chi connectivity index (χ2v) is 3.26. The van der Waals surface area contributed by atoms with Gasteiger partial charge >= 0.3 is 0 Å². The molecule has 0 aliphatic rings. The molecular formula is C10H8ClNO. The number of hydrogen-bond acceptors (Lipinski definition) is 2. The van der Waals surface area contributed by atoms with E-state index in [1.165, 1.54) is 6.92 Å². The maximum absolute atomic E-state index is 11.1. The van der Waals surface area contributed by atoms with Crippen molar-refractivity contribution in [1.82, 2.24) is 0 Å². The first-order valence-electron chi connectivity index (χ1n) is 3.78. The third-order valence-corrected chi connectivity index (χ3v) is 2.38. The fraction of sp³-hybridized carbons (Fsp3) is 0.200. The summed E-state index contributed by atoms with van der Waals surface area (Å²) in [4.78, 5) is 9.62. The molecule has 0 aromatic heterocycles. The van der Waals surface area contributed by atoms with Crippen molar-refractivity contribution in [3.05, 3.63) is 35.9 Å². The molecule has 2 nitrogen and oxygen atoms in total. The van der Waals surface area contributed by atoms with Crippen molar-refractivity contribution < 1.29 is 4.79 Å². The van der Waals surface area contributed by atoms with E-state index in [0.717, 1.165) is 0 Å². The van der Waals surface area contributed by atoms with Crippen LogP contribution < -0.4 is 0 Å². The maximum Gasteiger partial charge on any atom is 0.213 e. The van der Waals surface area contributed by atoms with Crippen molar-refractivity contribution in [3.63, 3.8) is 0 Å². The molecule has 0 radical (unpaired) electrons. The van der Waals surface area contributed by atoms with Crippen LogP contribution in [-0.4, -0.2) is 5.78 Å². The molecule has 66 valence electrons. The van der Waals surface area contributed by atoms with Gasteiger partial charge in [-0.15, -0.1) is 0 Å². The number of nitrogens with zero attached hydrogens (tertiary/aromatic N) is 1. The zero-order valence-corrected chi connectivity index (χ0v) is 7.88. The molecule has 13 heavy (non-hydrogen) atoms. The molecule has 0 aliphatic carbocycles. The van der Waals surface area contributed by atoms with Crippen LogP contribution in [0.25, 0.3) is 0 Å². The molecule has 3 heteroatoms. The summed E-state index contributed by atoms with van der Waals surface area (Å²) in [5.41, 5.74) is 0.520. The summed E-state index contributed by atoms with van der Waals surface area (Å²) in [6.45, 7) is 1.31. The first-order chi connectivity index (χ1) is 6.11. The maximum atomic E-state index is 11.1. The van der Waals surface area contributed by atoms with Gasteiger partial charge in [-0.3, -0.25) is 4.79 Å². The van der Waals surface area contributed by atoms with Crippen molar-refractivity contribution in [3.8, 4) is 6.07 Å². The monoisotopic (exact) mass is 193 g/mol. The van der Waals surface area contributed by atoms with Gasteiger partial charge in [0, 0.05) is 0 Å². The smallest absolute Gasteiger partial charge is 0.213 e. The van der Waals surface area contributed by atoms with E-state index in [0.29, 0.717) is 5.56 Å². The Hall–Kier alpha value is -1.33. The second kappa shape index (κ2) is 3.59. The first-order valence-corrected chi connectivity index (χ1v) is 4.16. The van der Waals surface area contributed by atoms with Crippen LogP contribution in [0.3, 0.4) is 0 Å². The van der Waals surface area contributed by atoms with Gasteiger partial charge in [0.2, 0.25) is 4.87 Å². The number of halogens is 1. The second-order valence-electron chi connectivity index (χ2n) is 2.69. The highest BCUT2D eigenvalue weighted by Gasteiger charge is 2.34. The Morgan fingerprint density at radius 3 is 2.38 bits per heavy atom. The summed E-state index contributed by atoms with van der Waals surface area (Å²) in [6.07, 6.45) is 0. The Morgan fingerprint density at radius 2 is 2.00 bits per heavy atom. The van der Waals surface area contributed by atoms with E-state index < -0.39 is 4.87 Å². The molecule has 0 saturated carbocycles. The van der Waals surface area contributed by atoms with Crippen molar-refractivity contribution in [1.29, 1.82) is 5.26 Å². The average molecular weight is 194 g/mol. The van der Waals surface area contributed by atoms with Crippen LogP contribution >= 0.6 is 11.6 Å². The summed E-state index contributed by atoms with van der Waals surface area (Å²) >= 11 is 5.87. The molecule has 0 bridgehead atoms. The van der Waals surface area contributed by atoms with Crippen LogP contribution in [0.1, 0.15) is 12.5 Å². The van der Waals surface area contributed by atoms with Gasteiger partial charge in [0.15, 0.2) is 5.78 Å². The Balaban J connectivity index is 3.21. The van der Waals surface area contributed by atoms with Crippen LogP contribution in [0.5, 0.6) is 0 Å². The number of nitriles is 1. The Kier molecular flexibility index (Phi) is 2.69. The Bertz CT molecular complexity index is 355. The van der Waals surface area contributed by atoms with Crippen LogP contribution in [-0.2, 0) is 9.67 Å². The summed E-state index contributed by atoms with van der Waals surface area (Å²) in [5.74, 6) is -0.358. The van der Waals surface area contributed by atoms with Crippen LogP contribution in [0.2, 0.25) is 0 Å². The molecular weight excluding hydrogens is 186 g/mol. The molecule has 0 N–H and O–H groups in total. The molecule has 0 amide bonds. The van der Waals surface area contributed by atoms with Crippen molar-refractivity contribution >= 4 is 17.4 Å². The zero-order chi connectivity index (χ0) is 9.90. The number of benzene rings is 1. The van der Waals surface area contributed by atoms with Crippen molar-refractivity contribution in [2.45, 2.75) is 11.8 Å². The van der Waals surface area contributed by atoms with Gasteiger partial charge in [0.1, 0.15) is 0 Å². The van der Waals surface area contributed by atoms with Crippen LogP contribution in [0.15, 0.2) is 30.3 Å². The average Bonchev–Trinajstić information content (AvgIpc) is 2.17. The molecule has 1 rings (SSSR count). The lowest BCUT2D eigenvalue weighted by atomic mass is 9.96. The largest absolute Gasteiger partial charge is 0.296 e. The third kappa shape index (κ3) is 1.71. The molecule has 0 fully saturated rings. The van der Waals surface area contributed by atoms with Gasteiger partial charge in [-0.05, 0) is 12.5 Å². The Labute approximate surface area is 81.7 Å². The number of rotatable bonds is 2. The van der Waals surface area contributed by atoms with Crippen molar-refractivity contribution in [2.24, 2.45) is 0 Å². The SMILES string of the molecule is CC(=O)[C@](Cl)(C#N)c1ccccc1. The molecule has 1 aromatic rings. The molecule has 1 aromatic carbocycles. The Morgan fingerprint density at radius 1 is 1.46 bits per heavy atom.